The zero-order chi connectivity index (χ0) is 17.9. The third-order valence-corrected chi connectivity index (χ3v) is 4.10. The molecule has 2 N–H and O–H groups in total. The van der Waals surface area contributed by atoms with Gasteiger partial charge in [-0.1, -0.05) is 0 Å². The van der Waals surface area contributed by atoms with Gasteiger partial charge >= 0.3 is 12.1 Å². The average Bonchev–Trinajstić information content (AvgIpc) is 2.97. The lowest BCUT2D eigenvalue weighted by Gasteiger charge is -2.22. The van der Waals surface area contributed by atoms with E-state index in [1.165, 1.54) is 0 Å². The monoisotopic (exact) mass is 361 g/mol. The SMILES string of the molecule is COc1ccc(NC(=S)N2CCC(NC(=O)C(F)(F)F)C2)c(C)c1. The average molecular weight is 361 g/mol. The highest BCUT2D eigenvalue weighted by Gasteiger charge is 2.40. The molecular formula is C15H18F3N3O2S. The molecule has 24 heavy (non-hydrogen) atoms. The number of nitrogens with one attached hydrogen (secondary N) is 2. The van der Waals surface area contributed by atoms with Crippen LogP contribution >= 0.6 is 12.2 Å². The maximum absolute atomic E-state index is 12.3. The Kier molecular flexibility index (Phi) is 5.53. The van der Waals surface area contributed by atoms with Crippen LogP contribution in [-0.2, 0) is 4.79 Å². The van der Waals surface area contributed by atoms with Crippen LogP contribution in [0.15, 0.2) is 18.2 Å². The van der Waals surface area contributed by atoms with Crippen LogP contribution in [0.2, 0.25) is 0 Å². The van der Waals surface area contributed by atoms with E-state index in [0.717, 1.165) is 17.0 Å². The van der Waals surface area contributed by atoms with Crippen LogP contribution in [0.25, 0.3) is 0 Å². The van der Waals surface area contributed by atoms with E-state index in [2.05, 4.69) is 5.32 Å². The van der Waals surface area contributed by atoms with Gasteiger partial charge in [-0.2, -0.15) is 13.2 Å². The number of rotatable bonds is 3. The highest BCUT2D eigenvalue weighted by atomic mass is 32.1. The van der Waals surface area contributed by atoms with Gasteiger partial charge in [0, 0.05) is 24.8 Å². The Hall–Kier alpha value is -2.03. The summed E-state index contributed by atoms with van der Waals surface area (Å²) in [6.45, 7) is 2.61. The molecule has 1 aliphatic rings. The maximum atomic E-state index is 12.3. The summed E-state index contributed by atoms with van der Waals surface area (Å²) in [5, 5.41) is 5.47. The summed E-state index contributed by atoms with van der Waals surface area (Å²) in [5.41, 5.74) is 1.72. The van der Waals surface area contributed by atoms with E-state index in [0.29, 0.717) is 18.1 Å². The van der Waals surface area contributed by atoms with E-state index in [-0.39, 0.29) is 6.54 Å². The van der Waals surface area contributed by atoms with Crippen LogP contribution in [0, 0.1) is 6.92 Å². The summed E-state index contributed by atoms with van der Waals surface area (Å²) in [5.74, 6) is -1.20. The van der Waals surface area contributed by atoms with Gasteiger partial charge in [-0.05, 0) is 49.3 Å². The minimum absolute atomic E-state index is 0.239. The molecule has 9 heteroatoms. The second-order valence-corrected chi connectivity index (χ2v) is 5.90. The number of halogens is 3. The summed E-state index contributed by atoms with van der Waals surface area (Å²) < 4.78 is 42.0. The van der Waals surface area contributed by atoms with Gasteiger partial charge in [0.25, 0.3) is 0 Å². The number of carbonyl (C=O) groups is 1. The molecular weight excluding hydrogens is 343 g/mol. The van der Waals surface area contributed by atoms with Crippen molar-refractivity contribution in [2.24, 2.45) is 0 Å². The zero-order valence-corrected chi connectivity index (χ0v) is 14.1. The lowest BCUT2D eigenvalue weighted by Crippen LogP contribution is -2.45. The van der Waals surface area contributed by atoms with Crippen molar-refractivity contribution < 1.29 is 22.7 Å². The summed E-state index contributed by atoms with van der Waals surface area (Å²) in [7, 11) is 1.58. The van der Waals surface area contributed by atoms with Gasteiger partial charge in [0.05, 0.1) is 7.11 Å². The quantitative estimate of drug-likeness (QED) is 0.810. The Labute approximate surface area is 143 Å². The standard InChI is InChI=1S/C15H18F3N3O2S/c1-9-7-11(23-2)3-4-12(9)20-14(24)21-6-5-10(8-21)19-13(22)15(16,17)18/h3-4,7,10H,5-6,8H2,1-2H3,(H,19,22)(H,20,24). The largest absolute Gasteiger partial charge is 0.497 e. The lowest BCUT2D eigenvalue weighted by molar-refractivity contribution is -0.174. The molecule has 1 heterocycles. The minimum atomic E-state index is -4.87. The van der Waals surface area contributed by atoms with Crippen molar-refractivity contribution >= 4 is 28.9 Å². The number of hydrogen-bond acceptors (Lipinski definition) is 3. The predicted octanol–water partition coefficient (Wildman–Crippen LogP) is 2.45. The summed E-state index contributed by atoms with van der Waals surface area (Å²) in [6.07, 6.45) is -4.46. The van der Waals surface area contributed by atoms with E-state index in [4.69, 9.17) is 17.0 Å². The van der Waals surface area contributed by atoms with Gasteiger partial charge in [0.1, 0.15) is 5.75 Å². The van der Waals surface area contributed by atoms with E-state index >= 15 is 0 Å². The number of nitrogens with zero attached hydrogens (tertiary/aromatic N) is 1. The van der Waals surface area contributed by atoms with Crippen molar-refractivity contribution in [3.05, 3.63) is 23.8 Å². The number of thiocarbonyl (C=S) groups is 1. The number of anilines is 1. The van der Waals surface area contributed by atoms with Gasteiger partial charge in [-0.15, -0.1) is 0 Å². The van der Waals surface area contributed by atoms with Crippen molar-refractivity contribution in [3.63, 3.8) is 0 Å². The molecule has 0 bridgehead atoms. The zero-order valence-electron chi connectivity index (χ0n) is 13.2. The first-order valence-electron chi connectivity index (χ1n) is 7.29. The second-order valence-electron chi connectivity index (χ2n) is 5.51. The Morgan fingerprint density at radius 1 is 1.42 bits per heavy atom. The fourth-order valence-electron chi connectivity index (χ4n) is 2.43. The Morgan fingerprint density at radius 3 is 2.71 bits per heavy atom. The number of alkyl halides is 3. The maximum Gasteiger partial charge on any atom is 0.471 e. The van der Waals surface area contributed by atoms with Crippen LogP contribution in [0.3, 0.4) is 0 Å². The third kappa shape index (κ3) is 4.50. The van der Waals surface area contributed by atoms with Crippen LogP contribution in [0.1, 0.15) is 12.0 Å². The van der Waals surface area contributed by atoms with Crippen molar-refractivity contribution in [1.29, 1.82) is 0 Å². The van der Waals surface area contributed by atoms with Gasteiger partial charge in [-0.25, -0.2) is 0 Å². The van der Waals surface area contributed by atoms with E-state index in [1.807, 2.05) is 24.4 Å². The first-order chi connectivity index (χ1) is 11.2. The van der Waals surface area contributed by atoms with Gasteiger partial charge in [0.2, 0.25) is 0 Å². The molecule has 1 aliphatic heterocycles. The predicted molar refractivity (Wildman–Crippen MR) is 88.1 cm³/mol. The molecule has 1 fully saturated rings. The number of aryl methyl sites for hydroxylation is 1. The molecule has 1 aromatic rings. The van der Waals surface area contributed by atoms with Crippen LogP contribution in [-0.4, -0.2) is 48.3 Å². The second kappa shape index (κ2) is 7.25. The number of hydrogen-bond donors (Lipinski definition) is 2. The molecule has 1 unspecified atom stereocenters. The number of carbonyl (C=O) groups excluding carboxylic acids is 1. The van der Waals surface area contributed by atoms with Crippen LogP contribution < -0.4 is 15.4 Å². The summed E-state index contributed by atoms with van der Waals surface area (Å²) >= 11 is 5.31. The van der Waals surface area contributed by atoms with Crippen molar-refractivity contribution in [3.8, 4) is 5.75 Å². The fraction of sp³-hybridized carbons (Fsp3) is 0.467. The normalized spacial score (nSPS) is 17.5. The molecule has 2 rings (SSSR count). The third-order valence-electron chi connectivity index (χ3n) is 3.74. The minimum Gasteiger partial charge on any atom is -0.497 e. The Morgan fingerprint density at radius 2 is 2.12 bits per heavy atom. The molecule has 1 aromatic carbocycles. The molecule has 1 saturated heterocycles. The molecule has 0 aliphatic carbocycles. The number of amides is 1. The van der Waals surface area contributed by atoms with E-state index in [1.54, 1.807) is 18.1 Å². The molecule has 0 aromatic heterocycles. The first-order valence-corrected chi connectivity index (χ1v) is 7.70. The molecule has 132 valence electrons. The topological polar surface area (TPSA) is 53.6 Å². The number of likely N-dealkylation sites (tertiary alicyclic amines) is 1. The summed E-state index contributed by atoms with van der Waals surface area (Å²) in [6, 6.07) is 4.88. The van der Waals surface area contributed by atoms with E-state index in [9.17, 15) is 18.0 Å². The van der Waals surface area contributed by atoms with Crippen LogP contribution in [0.5, 0.6) is 5.75 Å². The highest BCUT2D eigenvalue weighted by Crippen LogP contribution is 2.22. The van der Waals surface area contributed by atoms with Crippen LogP contribution in [0.4, 0.5) is 18.9 Å². The number of ether oxygens (including phenoxy) is 1. The number of methoxy groups -OCH3 is 1. The Bertz CT molecular complexity index is 637. The first kappa shape index (κ1) is 18.3. The van der Waals surface area contributed by atoms with Crippen molar-refractivity contribution in [2.75, 3.05) is 25.5 Å². The molecule has 0 saturated carbocycles. The lowest BCUT2D eigenvalue weighted by atomic mass is 10.2. The van der Waals surface area contributed by atoms with Crippen molar-refractivity contribution in [1.82, 2.24) is 10.2 Å². The molecule has 1 amide bonds. The van der Waals surface area contributed by atoms with Crippen molar-refractivity contribution in [2.45, 2.75) is 25.6 Å². The van der Waals surface area contributed by atoms with Gasteiger partial charge in [0.15, 0.2) is 5.11 Å². The van der Waals surface area contributed by atoms with Gasteiger partial charge in [-0.3, -0.25) is 4.79 Å². The van der Waals surface area contributed by atoms with Gasteiger partial charge < -0.3 is 20.3 Å². The fourth-order valence-corrected chi connectivity index (χ4v) is 2.70. The molecule has 0 spiro atoms. The highest BCUT2D eigenvalue weighted by molar-refractivity contribution is 7.80. The summed E-state index contributed by atoms with van der Waals surface area (Å²) in [4.78, 5) is 12.7. The van der Waals surface area contributed by atoms with E-state index < -0.39 is 18.1 Å². The molecule has 1 atom stereocenters. The smallest absolute Gasteiger partial charge is 0.471 e. The molecule has 5 nitrogen and oxygen atoms in total. The molecule has 0 radical (unpaired) electrons. The number of benzene rings is 1. The Balaban J connectivity index is 1.92.